The third-order valence-electron chi connectivity index (χ3n) is 1.81. The van der Waals surface area contributed by atoms with Gasteiger partial charge >= 0.3 is 0 Å². The number of halogens is 1. The number of nitrogens with two attached hydrogens (primary N) is 1. The van der Waals surface area contributed by atoms with Crippen molar-refractivity contribution in [3.8, 4) is 0 Å². The maximum atomic E-state index is 13.4. The summed E-state index contributed by atoms with van der Waals surface area (Å²) in [6.45, 7) is 0. The quantitative estimate of drug-likeness (QED) is 0.831. The number of aromatic nitrogens is 2. The predicted octanol–water partition coefficient (Wildman–Crippen LogP) is 1.51. The molecule has 0 fully saturated rings. The van der Waals surface area contributed by atoms with E-state index in [1.54, 1.807) is 5.38 Å². The van der Waals surface area contributed by atoms with Gasteiger partial charge in [0.15, 0.2) is 16.8 Å². The van der Waals surface area contributed by atoms with Crippen molar-refractivity contribution in [2.75, 3.05) is 11.1 Å². The van der Waals surface area contributed by atoms with Gasteiger partial charge in [0.05, 0.1) is 5.56 Å². The van der Waals surface area contributed by atoms with Crippen LogP contribution in [0, 0.1) is 5.82 Å². The molecule has 0 aliphatic heterocycles. The van der Waals surface area contributed by atoms with Crippen molar-refractivity contribution >= 4 is 28.2 Å². The topological polar surface area (TPSA) is 80.9 Å². The lowest BCUT2D eigenvalue weighted by molar-refractivity contribution is 0.102. The fourth-order valence-electron chi connectivity index (χ4n) is 1.08. The van der Waals surface area contributed by atoms with Gasteiger partial charge in [-0.25, -0.2) is 14.4 Å². The van der Waals surface area contributed by atoms with Crippen LogP contribution < -0.4 is 11.1 Å². The third-order valence-corrected chi connectivity index (χ3v) is 2.50. The molecule has 82 valence electrons. The highest BCUT2D eigenvalue weighted by molar-refractivity contribution is 7.13. The van der Waals surface area contributed by atoms with E-state index in [9.17, 15) is 9.18 Å². The van der Waals surface area contributed by atoms with Gasteiger partial charge in [-0.05, 0) is 6.07 Å². The predicted molar refractivity (Wildman–Crippen MR) is 58.7 cm³/mol. The number of thiazole rings is 1. The van der Waals surface area contributed by atoms with Gasteiger partial charge in [0.25, 0.3) is 5.91 Å². The monoisotopic (exact) mass is 238 g/mol. The zero-order chi connectivity index (χ0) is 11.5. The Kier molecular flexibility index (Phi) is 2.78. The molecule has 0 radical (unpaired) electrons. The SMILES string of the molecule is Nc1nccc(C(=O)Nc2nccs2)c1F. The molecular weight excluding hydrogens is 231 g/mol. The first-order valence-corrected chi connectivity index (χ1v) is 5.17. The molecule has 0 aromatic carbocycles. The highest BCUT2D eigenvalue weighted by Crippen LogP contribution is 2.15. The summed E-state index contributed by atoms with van der Waals surface area (Å²) in [5.74, 6) is -1.72. The molecule has 0 aliphatic rings. The van der Waals surface area contributed by atoms with Gasteiger partial charge in [0.1, 0.15) is 0 Å². The second-order valence-electron chi connectivity index (χ2n) is 2.85. The Hall–Kier alpha value is -2.02. The van der Waals surface area contributed by atoms with Crippen LogP contribution in [0.3, 0.4) is 0 Å². The number of carbonyl (C=O) groups is 1. The highest BCUT2D eigenvalue weighted by atomic mass is 32.1. The lowest BCUT2D eigenvalue weighted by Gasteiger charge is -2.03. The summed E-state index contributed by atoms with van der Waals surface area (Å²) >= 11 is 1.24. The minimum atomic E-state index is -0.823. The van der Waals surface area contributed by atoms with Gasteiger partial charge < -0.3 is 5.73 Å². The van der Waals surface area contributed by atoms with Crippen molar-refractivity contribution in [1.29, 1.82) is 0 Å². The zero-order valence-electron chi connectivity index (χ0n) is 7.98. The molecule has 0 spiro atoms. The van der Waals surface area contributed by atoms with Gasteiger partial charge in [0, 0.05) is 17.8 Å². The highest BCUT2D eigenvalue weighted by Gasteiger charge is 2.15. The van der Waals surface area contributed by atoms with Gasteiger partial charge in [-0.1, -0.05) is 0 Å². The molecule has 16 heavy (non-hydrogen) atoms. The fourth-order valence-corrected chi connectivity index (χ4v) is 1.61. The maximum absolute atomic E-state index is 13.4. The van der Waals surface area contributed by atoms with Crippen molar-refractivity contribution in [1.82, 2.24) is 9.97 Å². The van der Waals surface area contributed by atoms with Gasteiger partial charge in [0.2, 0.25) is 0 Å². The second-order valence-corrected chi connectivity index (χ2v) is 3.74. The van der Waals surface area contributed by atoms with E-state index in [4.69, 9.17) is 5.73 Å². The number of nitrogen functional groups attached to an aromatic ring is 1. The Morgan fingerprint density at radius 2 is 2.25 bits per heavy atom. The van der Waals surface area contributed by atoms with Gasteiger partial charge in [-0.2, -0.15) is 0 Å². The molecule has 5 nitrogen and oxygen atoms in total. The molecule has 0 saturated carbocycles. The lowest BCUT2D eigenvalue weighted by Crippen LogP contribution is -2.15. The average Bonchev–Trinajstić information content (AvgIpc) is 2.74. The van der Waals surface area contributed by atoms with Crippen LogP contribution >= 0.6 is 11.3 Å². The average molecular weight is 238 g/mol. The normalized spacial score (nSPS) is 10.1. The van der Waals surface area contributed by atoms with Crippen LogP contribution in [-0.4, -0.2) is 15.9 Å². The van der Waals surface area contributed by atoms with Crippen molar-refractivity contribution in [3.05, 3.63) is 35.2 Å². The smallest absolute Gasteiger partial charge is 0.260 e. The van der Waals surface area contributed by atoms with E-state index < -0.39 is 11.7 Å². The molecule has 0 saturated heterocycles. The summed E-state index contributed by atoms with van der Waals surface area (Å²) in [4.78, 5) is 19.0. The Bertz CT molecular complexity index is 514. The summed E-state index contributed by atoms with van der Waals surface area (Å²) in [6.07, 6.45) is 2.81. The van der Waals surface area contributed by atoms with Crippen molar-refractivity contribution in [2.45, 2.75) is 0 Å². The maximum Gasteiger partial charge on any atom is 0.260 e. The minimum absolute atomic E-state index is 0.150. The number of hydrogen-bond donors (Lipinski definition) is 2. The Morgan fingerprint density at radius 3 is 2.94 bits per heavy atom. The molecule has 0 atom stereocenters. The minimum Gasteiger partial charge on any atom is -0.381 e. The molecule has 2 rings (SSSR count). The Labute approximate surface area is 94.1 Å². The first-order valence-electron chi connectivity index (χ1n) is 4.29. The van der Waals surface area contributed by atoms with Gasteiger partial charge in [-0.3, -0.25) is 10.1 Å². The van der Waals surface area contributed by atoms with Crippen molar-refractivity contribution in [3.63, 3.8) is 0 Å². The summed E-state index contributed by atoms with van der Waals surface area (Å²) in [5, 5.41) is 4.56. The number of pyridine rings is 1. The zero-order valence-corrected chi connectivity index (χ0v) is 8.79. The largest absolute Gasteiger partial charge is 0.381 e. The fraction of sp³-hybridized carbons (Fsp3) is 0. The summed E-state index contributed by atoms with van der Waals surface area (Å²) in [6, 6.07) is 1.26. The van der Waals surface area contributed by atoms with E-state index >= 15 is 0 Å². The molecule has 0 bridgehead atoms. The van der Waals surface area contributed by atoms with Crippen LogP contribution in [0.15, 0.2) is 23.8 Å². The summed E-state index contributed by atoms with van der Waals surface area (Å²) in [7, 11) is 0. The number of rotatable bonds is 2. The van der Waals surface area contributed by atoms with E-state index in [1.165, 1.54) is 29.8 Å². The van der Waals surface area contributed by atoms with Crippen LogP contribution in [0.1, 0.15) is 10.4 Å². The number of nitrogens with zero attached hydrogens (tertiary/aromatic N) is 2. The summed E-state index contributed by atoms with van der Waals surface area (Å²) < 4.78 is 13.4. The molecule has 7 heteroatoms. The van der Waals surface area contributed by atoms with Crippen LogP contribution in [0.2, 0.25) is 0 Å². The first kappa shape index (κ1) is 10.5. The summed E-state index contributed by atoms with van der Waals surface area (Å²) in [5.41, 5.74) is 5.10. The molecule has 0 aliphatic carbocycles. The van der Waals surface area contributed by atoms with Crippen LogP contribution in [-0.2, 0) is 0 Å². The van der Waals surface area contributed by atoms with Crippen LogP contribution in [0.4, 0.5) is 15.3 Å². The molecular formula is C9H7FN4OS. The number of nitrogens with one attached hydrogen (secondary N) is 1. The van der Waals surface area contributed by atoms with Gasteiger partial charge in [-0.15, -0.1) is 11.3 Å². The van der Waals surface area contributed by atoms with Crippen molar-refractivity contribution < 1.29 is 9.18 Å². The van der Waals surface area contributed by atoms with Crippen molar-refractivity contribution in [2.24, 2.45) is 0 Å². The van der Waals surface area contributed by atoms with E-state index in [1.807, 2.05) is 0 Å². The first-order chi connectivity index (χ1) is 7.68. The molecule has 2 aromatic rings. The Morgan fingerprint density at radius 1 is 1.44 bits per heavy atom. The number of anilines is 2. The molecule has 1 amide bonds. The molecule has 2 aromatic heterocycles. The van der Waals surface area contributed by atoms with E-state index in [0.717, 1.165) is 0 Å². The third kappa shape index (κ3) is 1.98. The number of amides is 1. The molecule has 3 N–H and O–H groups in total. The van der Waals surface area contributed by atoms with E-state index in [2.05, 4.69) is 15.3 Å². The lowest BCUT2D eigenvalue weighted by atomic mass is 10.2. The number of hydrogen-bond acceptors (Lipinski definition) is 5. The molecule has 2 heterocycles. The van der Waals surface area contributed by atoms with Crippen LogP contribution in [0.25, 0.3) is 0 Å². The van der Waals surface area contributed by atoms with Crippen LogP contribution in [0.5, 0.6) is 0 Å². The second kappa shape index (κ2) is 4.23. The molecule has 0 unspecified atom stereocenters. The van der Waals surface area contributed by atoms with E-state index in [0.29, 0.717) is 5.13 Å². The Balaban J connectivity index is 2.24. The van der Waals surface area contributed by atoms with E-state index in [-0.39, 0.29) is 11.4 Å². The standard InChI is InChI=1S/C9H7FN4OS/c10-6-5(1-2-12-7(6)11)8(15)14-9-13-3-4-16-9/h1-4H,(H2,11,12)(H,13,14,15). The number of carbonyl (C=O) groups excluding carboxylic acids is 1.